The van der Waals surface area contributed by atoms with Gasteiger partial charge in [-0.1, -0.05) is 24.6 Å². The molecule has 0 aliphatic rings. The molecule has 11 heteroatoms. The number of nitrogens with one attached hydrogen (secondary N) is 1. The largest absolute Gasteiger partial charge is 0.573 e. The fraction of sp³-hybridized carbons (Fsp3) is 0.190. The predicted molar refractivity (Wildman–Crippen MR) is 111 cm³/mol. The number of aromatic nitrogens is 4. The van der Waals surface area contributed by atoms with E-state index in [0.717, 1.165) is 0 Å². The summed E-state index contributed by atoms with van der Waals surface area (Å²) in [5.41, 5.74) is 1.81. The summed E-state index contributed by atoms with van der Waals surface area (Å²) in [7, 11) is 0. The Morgan fingerprint density at radius 3 is 2.56 bits per heavy atom. The molecule has 7 nitrogen and oxygen atoms in total. The first-order chi connectivity index (χ1) is 15.2. The number of alkyl halides is 4. The van der Waals surface area contributed by atoms with Crippen LogP contribution in [0.3, 0.4) is 0 Å². The molecule has 3 heterocycles. The maximum atomic E-state index is 12.9. The van der Waals surface area contributed by atoms with E-state index in [2.05, 4.69) is 20.1 Å². The van der Waals surface area contributed by atoms with Crippen LogP contribution in [0.1, 0.15) is 29.5 Å². The van der Waals surface area contributed by atoms with Crippen LogP contribution in [0.15, 0.2) is 67.1 Å². The highest BCUT2D eigenvalue weighted by atomic mass is 35.5. The standard InChI is InChI=1S/C21H17ClF3N5O2/c1-2-20(22,27-19(31)16-13-26-18-5-3-4-11-29(16)18)17-10-12-30(28-17)14-6-8-15(9-7-14)32-21(23,24)25/h3-13H,2H2,1H3,(H,27,31). The number of carbonyl (C=O) groups is 1. The summed E-state index contributed by atoms with van der Waals surface area (Å²) in [5.74, 6) is -0.766. The number of hydrogen-bond acceptors (Lipinski definition) is 4. The Hall–Kier alpha value is -3.53. The maximum Gasteiger partial charge on any atom is 0.573 e. The second-order valence-corrected chi connectivity index (χ2v) is 7.51. The molecule has 4 aromatic rings. The van der Waals surface area contributed by atoms with Gasteiger partial charge in [-0.05, 0) is 48.9 Å². The Labute approximate surface area is 185 Å². The van der Waals surface area contributed by atoms with E-state index in [-0.39, 0.29) is 5.75 Å². The molecule has 1 aromatic carbocycles. The van der Waals surface area contributed by atoms with Crippen LogP contribution in [0.2, 0.25) is 0 Å². The van der Waals surface area contributed by atoms with Crippen molar-refractivity contribution in [1.82, 2.24) is 24.5 Å². The van der Waals surface area contributed by atoms with Crippen LogP contribution in [0.25, 0.3) is 11.3 Å². The van der Waals surface area contributed by atoms with Crippen LogP contribution < -0.4 is 10.1 Å². The van der Waals surface area contributed by atoms with Gasteiger partial charge >= 0.3 is 6.36 Å². The van der Waals surface area contributed by atoms with Crippen molar-refractivity contribution in [1.29, 1.82) is 0 Å². The normalized spacial score (nSPS) is 13.7. The fourth-order valence-corrected chi connectivity index (χ4v) is 3.34. The quantitative estimate of drug-likeness (QED) is 0.334. The lowest BCUT2D eigenvalue weighted by atomic mass is 10.1. The molecule has 0 bridgehead atoms. The number of imidazole rings is 1. The Morgan fingerprint density at radius 2 is 1.88 bits per heavy atom. The van der Waals surface area contributed by atoms with E-state index in [1.807, 2.05) is 6.07 Å². The molecule has 0 radical (unpaired) electrons. The third-order valence-corrected chi connectivity index (χ3v) is 5.33. The smallest absolute Gasteiger partial charge is 0.406 e. The molecule has 0 saturated carbocycles. The molecule has 166 valence electrons. The van der Waals surface area contributed by atoms with E-state index in [4.69, 9.17) is 11.6 Å². The van der Waals surface area contributed by atoms with E-state index >= 15 is 0 Å². The van der Waals surface area contributed by atoms with E-state index in [1.165, 1.54) is 35.1 Å². The van der Waals surface area contributed by atoms with Crippen molar-refractivity contribution in [2.75, 3.05) is 0 Å². The molecule has 3 aromatic heterocycles. The number of carbonyl (C=O) groups excluding carboxylic acids is 1. The average Bonchev–Trinajstić information content (AvgIpc) is 3.41. The Morgan fingerprint density at radius 1 is 1.12 bits per heavy atom. The Balaban J connectivity index is 1.55. The highest BCUT2D eigenvalue weighted by Crippen LogP contribution is 2.30. The van der Waals surface area contributed by atoms with Gasteiger partial charge in [0.15, 0.2) is 5.00 Å². The van der Waals surface area contributed by atoms with Crippen molar-refractivity contribution < 1.29 is 22.7 Å². The van der Waals surface area contributed by atoms with Crippen LogP contribution in [-0.2, 0) is 5.00 Å². The summed E-state index contributed by atoms with van der Waals surface area (Å²) < 4.78 is 44.0. The fourth-order valence-electron chi connectivity index (χ4n) is 3.16. The van der Waals surface area contributed by atoms with Crippen molar-refractivity contribution in [3.8, 4) is 11.4 Å². The maximum absolute atomic E-state index is 12.9. The number of nitrogens with zero attached hydrogens (tertiary/aromatic N) is 4. The third kappa shape index (κ3) is 4.40. The molecule has 0 spiro atoms. The van der Waals surface area contributed by atoms with Crippen LogP contribution in [0.5, 0.6) is 5.75 Å². The Kier molecular flexibility index (Phi) is 5.55. The number of benzene rings is 1. The zero-order valence-electron chi connectivity index (χ0n) is 16.7. The molecule has 0 fully saturated rings. The minimum absolute atomic E-state index is 0.318. The number of rotatable bonds is 6. The zero-order valence-corrected chi connectivity index (χ0v) is 17.4. The van der Waals surface area contributed by atoms with E-state index in [1.54, 1.807) is 41.9 Å². The summed E-state index contributed by atoms with van der Waals surface area (Å²) in [6.45, 7) is 1.80. The van der Waals surface area contributed by atoms with Gasteiger partial charge in [0.2, 0.25) is 0 Å². The Bertz CT molecular complexity index is 1250. The molecule has 1 unspecified atom stereocenters. The van der Waals surface area contributed by atoms with E-state index in [9.17, 15) is 18.0 Å². The first-order valence-electron chi connectivity index (χ1n) is 9.54. The number of halogens is 4. The third-order valence-electron chi connectivity index (χ3n) is 4.78. The van der Waals surface area contributed by atoms with Gasteiger partial charge in [0.25, 0.3) is 5.91 Å². The van der Waals surface area contributed by atoms with Gasteiger partial charge in [-0.2, -0.15) is 5.10 Å². The van der Waals surface area contributed by atoms with Crippen LogP contribution in [0, 0.1) is 0 Å². The predicted octanol–water partition coefficient (Wildman–Crippen LogP) is 4.65. The number of fused-ring (bicyclic) bond motifs is 1. The van der Waals surface area contributed by atoms with Crippen molar-refractivity contribution in [2.45, 2.75) is 24.7 Å². The van der Waals surface area contributed by atoms with Gasteiger partial charge in [0.1, 0.15) is 22.8 Å². The lowest BCUT2D eigenvalue weighted by Crippen LogP contribution is -2.41. The topological polar surface area (TPSA) is 73.5 Å². The first-order valence-corrected chi connectivity index (χ1v) is 9.92. The number of amides is 1. The molecule has 0 aliphatic heterocycles. The molecule has 0 saturated heterocycles. The summed E-state index contributed by atoms with van der Waals surface area (Å²) in [6, 6.07) is 12.2. The molecular formula is C21H17ClF3N5O2. The lowest BCUT2D eigenvalue weighted by Gasteiger charge is -2.25. The van der Waals surface area contributed by atoms with Gasteiger partial charge in [-0.25, -0.2) is 9.67 Å². The van der Waals surface area contributed by atoms with Gasteiger partial charge in [0, 0.05) is 12.4 Å². The van der Waals surface area contributed by atoms with Crippen molar-refractivity contribution in [3.05, 3.63) is 78.5 Å². The first kappa shape index (κ1) is 21.7. The number of hydrogen-bond donors (Lipinski definition) is 1. The minimum atomic E-state index is -4.77. The lowest BCUT2D eigenvalue weighted by molar-refractivity contribution is -0.274. The van der Waals surface area contributed by atoms with Crippen LogP contribution in [-0.4, -0.2) is 31.4 Å². The van der Waals surface area contributed by atoms with Crippen LogP contribution in [0.4, 0.5) is 13.2 Å². The van der Waals surface area contributed by atoms with Crippen molar-refractivity contribution in [3.63, 3.8) is 0 Å². The minimum Gasteiger partial charge on any atom is -0.406 e. The summed E-state index contributed by atoms with van der Waals surface area (Å²) in [4.78, 5) is 15.8. The zero-order chi connectivity index (χ0) is 22.9. The number of pyridine rings is 1. The summed E-state index contributed by atoms with van der Waals surface area (Å²) >= 11 is 6.73. The highest BCUT2D eigenvalue weighted by Gasteiger charge is 2.34. The molecule has 1 amide bonds. The second-order valence-electron chi connectivity index (χ2n) is 6.87. The summed E-state index contributed by atoms with van der Waals surface area (Å²) in [5, 5.41) is 7.21. The van der Waals surface area contributed by atoms with Gasteiger partial charge in [-0.3, -0.25) is 9.20 Å². The molecule has 1 N–H and O–H groups in total. The molecular weight excluding hydrogens is 447 g/mol. The molecule has 32 heavy (non-hydrogen) atoms. The SMILES string of the molecule is CCC(Cl)(NC(=O)c1cnc2ccccn12)c1ccn(-c2ccc(OC(F)(F)F)cc2)n1. The summed E-state index contributed by atoms with van der Waals surface area (Å²) in [6.07, 6.45) is 0.341. The van der Waals surface area contributed by atoms with Gasteiger partial charge in [-0.15, -0.1) is 13.2 Å². The highest BCUT2D eigenvalue weighted by molar-refractivity contribution is 6.24. The van der Waals surface area contributed by atoms with E-state index in [0.29, 0.717) is 29.1 Å². The van der Waals surface area contributed by atoms with Crippen LogP contribution >= 0.6 is 11.6 Å². The molecule has 1 atom stereocenters. The van der Waals surface area contributed by atoms with Crippen molar-refractivity contribution >= 4 is 23.2 Å². The van der Waals surface area contributed by atoms with Gasteiger partial charge < -0.3 is 10.1 Å². The monoisotopic (exact) mass is 463 g/mol. The van der Waals surface area contributed by atoms with Crippen molar-refractivity contribution in [2.24, 2.45) is 0 Å². The average molecular weight is 464 g/mol. The molecule has 0 aliphatic carbocycles. The number of ether oxygens (including phenoxy) is 1. The van der Waals surface area contributed by atoms with E-state index < -0.39 is 17.3 Å². The molecule has 4 rings (SSSR count). The van der Waals surface area contributed by atoms with Gasteiger partial charge in [0.05, 0.1) is 11.9 Å². The second kappa shape index (κ2) is 8.19.